The van der Waals surface area contributed by atoms with Crippen molar-refractivity contribution in [3.8, 4) is 5.69 Å². The van der Waals surface area contributed by atoms with Crippen LogP contribution in [0.4, 0.5) is 0 Å². The summed E-state index contributed by atoms with van der Waals surface area (Å²) in [5.74, 6) is 1.10. The first-order chi connectivity index (χ1) is 13.7. The van der Waals surface area contributed by atoms with Crippen LogP contribution in [0, 0.1) is 0 Å². The van der Waals surface area contributed by atoms with Gasteiger partial charge in [0.05, 0.1) is 12.4 Å². The zero-order valence-corrected chi connectivity index (χ0v) is 17.3. The number of carbonyl (C=O) groups excluding carboxylic acids is 1. The summed E-state index contributed by atoms with van der Waals surface area (Å²) in [5, 5.41) is 9.72. The Balaban J connectivity index is 1.87. The molecule has 28 heavy (non-hydrogen) atoms. The summed E-state index contributed by atoms with van der Waals surface area (Å²) in [6.45, 7) is 4.13. The van der Waals surface area contributed by atoms with Crippen molar-refractivity contribution in [3.63, 3.8) is 0 Å². The van der Waals surface area contributed by atoms with Crippen molar-refractivity contribution in [1.82, 2.24) is 24.7 Å². The summed E-state index contributed by atoms with van der Waals surface area (Å²) in [5.41, 5.74) is 0.943. The van der Waals surface area contributed by atoms with Crippen LogP contribution in [-0.4, -0.2) is 42.6 Å². The highest BCUT2D eigenvalue weighted by Gasteiger charge is 2.24. The van der Waals surface area contributed by atoms with Gasteiger partial charge in [0, 0.05) is 18.1 Å². The molecule has 0 saturated heterocycles. The SMILES string of the molecule is CCOC(=O)[C@@H](CC)Sc1nnc(CSc2ncccn2)n1-c1ccccc1. The number of aromatic nitrogens is 5. The molecule has 0 aliphatic carbocycles. The summed E-state index contributed by atoms with van der Waals surface area (Å²) in [6.07, 6.45) is 4.07. The molecule has 0 unspecified atom stereocenters. The topological polar surface area (TPSA) is 82.8 Å². The lowest BCUT2D eigenvalue weighted by Gasteiger charge is -2.14. The van der Waals surface area contributed by atoms with Gasteiger partial charge < -0.3 is 4.74 Å². The molecule has 2 aromatic heterocycles. The van der Waals surface area contributed by atoms with E-state index in [9.17, 15) is 4.79 Å². The van der Waals surface area contributed by atoms with Gasteiger partial charge in [0.25, 0.3) is 0 Å². The standard InChI is InChI=1S/C19H21N5O2S2/c1-3-15(17(25)26-4-2)28-19-23-22-16(13-27-18-20-11-8-12-21-18)24(19)14-9-6-5-7-10-14/h5-12,15H,3-4,13H2,1-2H3/t15-/m1/s1. The van der Waals surface area contributed by atoms with E-state index in [4.69, 9.17) is 4.74 Å². The molecule has 0 radical (unpaired) electrons. The Morgan fingerprint density at radius 3 is 2.54 bits per heavy atom. The number of benzene rings is 1. The number of hydrogen-bond acceptors (Lipinski definition) is 8. The summed E-state index contributed by atoms with van der Waals surface area (Å²) < 4.78 is 7.16. The van der Waals surface area contributed by atoms with E-state index in [1.807, 2.05) is 48.7 Å². The van der Waals surface area contributed by atoms with Gasteiger partial charge in [-0.1, -0.05) is 48.6 Å². The van der Waals surface area contributed by atoms with Crippen molar-refractivity contribution in [1.29, 1.82) is 0 Å². The first-order valence-corrected chi connectivity index (χ1v) is 10.8. The summed E-state index contributed by atoms with van der Waals surface area (Å²) >= 11 is 2.86. The number of hydrogen-bond donors (Lipinski definition) is 0. The fraction of sp³-hybridized carbons (Fsp3) is 0.316. The molecular weight excluding hydrogens is 394 g/mol. The number of carbonyl (C=O) groups is 1. The number of para-hydroxylation sites is 1. The Hall–Kier alpha value is -2.39. The largest absolute Gasteiger partial charge is 0.465 e. The van der Waals surface area contributed by atoms with Gasteiger partial charge in [-0.3, -0.25) is 9.36 Å². The van der Waals surface area contributed by atoms with Crippen molar-refractivity contribution >= 4 is 29.5 Å². The molecule has 0 amide bonds. The fourth-order valence-corrected chi connectivity index (χ4v) is 4.16. The molecule has 7 nitrogen and oxygen atoms in total. The quantitative estimate of drug-likeness (QED) is 0.297. The molecule has 0 aliphatic heterocycles. The second-order valence-corrected chi connectivity index (χ2v) is 7.77. The predicted octanol–water partition coefficient (Wildman–Crippen LogP) is 3.78. The van der Waals surface area contributed by atoms with Crippen LogP contribution in [0.3, 0.4) is 0 Å². The molecule has 1 aromatic carbocycles. The van der Waals surface area contributed by atoms with E-state index in [1.165, 1.54) is 23.5 Å². The van der Waals surface area contributed by atoms with Gasteiger partial charge in [-0.05, 0) is 31.5 Å². The van der Waals surface area contributed by atoms with E-state index in [1.54, 1.807) is 18.5 Å². The minimum absolute atomic E-state index is 0.230. The van der Waals surface area contributed by atoms with E-state index in [0.717, 1.165) is 11.5 Å². The smallest absolute Gasteiger partial charge is 0.319 e. The molecule has 0 bridgehead atoms. The van der Waals surface area contributed by atoms with Crippen LogP contribution in [0.25, 0.3) is 5.69 Å². The van der Waals surface area contributed by atoms with Crippen LogP contribution < -0.4 is 0 Å². The summed E-state index contributed by atoms with van der Waals surface area (Å²) in [6, 6.07) is 11.6. The van der Waals surface area contributed by atoms with Crippen LogP contribution in [-0.2, 0) is 15.3 Å². The van der Waals surface area contributed by atoms with Gasteiger partial charge in [0.2, 0.25) is 0 Å². The van der Waals surface area contributed by atoms with Gasteiger partial charge in [0.15, 0.2) is 10.3 Å². The Morgan fingerprint density at radius 2 is 1.86 bits per heavy atom. The van der Waals surface area contributed by atoms with Crippen molar-refractivity contribution in [2.75, 3.05) is 6.61 Å². The highest BCUT2D eigenvalue weighted by Crippen LogP contribution is 2.30. The van der Waals surface area contributed by atoms with Gasteiger partial charge in [-0.25, -0.2) is 9.97 Å². The van der Waals surface area contributed by atoms with E-state index in [0.29, 0.717) is 29.1 Å². The first kappa shape index (κ1) is 20.3. The Labute approximate surface area is 172 Å². The molecule has 0 N–H and O–H groups in total. The molecule has 0 fully saturated rings. The van der Waals surface area contributed by atoms with Crippen LogP contribution in [0.2, 0.25) is 0 Å². The number of rotatable bonds is 9. The van der Waals surface area contributed by atoms with Crippen LogP contribution in [0.15, 0.2) is 59.1 Å². The van der Waals surface area contributed by atoms with Gasteiger partial charge in [-0.2, -0.15) is 0 Å². The second kappa shape index (κ2) is 10.2. The monoisotopic (exact) mass is 415 g/mol. The minimum Gasteiger partial charge on any atom is -0.465 e. The molecule has 9 heteroatoms. The van der Waals surface area contributed by atoms with Crippen molar-refractivity contribution < 1.29 is 9.53 Å². The van der Waals surface area contributed by atoms with Gasteiger partial charge >= 0.3 is 5.97 Å². The second-order valence-electron chi connectivity index (χ2n) is 5.66. The van der Waals surface area contributed by atoms with Crippen LogP contribution in [0.1, 0.15) is 26.1 Å². The molecular formula is C19H21N5O2S2. The van der Waals surface area contributed by atoms with E-state index in [-0.39, 0.29) is 11.2 Å². The Kier molecular flexibility index (Phi) is 7.44. The predicted molar refractivity (Wildman–Crippen MR) is 110 cm³/mol. The molecule has 3 aromatic rings. The summed E-state index contributed by atoms with van der Waals surface area (Å²) in [4.78, 5) is 20.7. The molecule has 0 aliphatic rings. The minimum atomic E-state index is -0.329. The maximum atomic E-state index is 12.2. The highest BCUT2D eigenvalue weighted by atomic mass is 32.2. The lowest BCUT2D eigenvalue weighted by atomic mass is 10.3. The average molecular weight is 416 g/mol. The van der Waals surface area contributed by atoms with Gasteiger partial charge in [0.1, 0.15) is 11.1 Å². The third kappa shape index (κ3) is 5.11. The van der Waals surface area contributed by atoms with Crippen LogP contribution in [0.5, 0.6) is 0 Å². The van der Waals surface area contributed by atoms with Crippen molar-refractivity contribution in [2.24, 2.45) is 0 Å². The molecule has 3 rings (SSSR count). The Bertz CT molecular complexity index is 890. The number of nitrogens with zero attached hydrogens (tertiary/aromatic N) is 5. The van der Waals surface area contributed by atoms with Crippen molar-refractivity contribution in [3.05, 3.63) is 54.6 Å². The average Bonchev–Trinajstić information content (AvgIpc) is 3.14. The molecule has 2 heterocycles. The molecule has 0 spiro atoms. The molecule has 0 saturated carbocycles. The molecule has 146 valence electrons. The molecule has 1 atom stereocenters. The lowest BCUT2D eigenvalue weighted by molar-refractivity contribution is -0.142. The fourth-order valence-electron chi connectivity index (χ4n) is 2.46. The number of ether oxygens (including phenoxy) is 1. The van der Waals surface area contributed by atoms with E-state index < -0.39 is 0 Å². The maximum absolute atomic E-state index is 12.2. The number of thioether (sulfide) groups is 2. The van der Waals surface area contributed by atoms with Gasteiger partial charge in [-0.15, -0.1) is 10.2 Å². The lowest BCUT2D eigenvalue weighted by Crippen LogP contribution is -2.20. The third-order valence-corrected chi connectivity index (χ3v) is 5.91. The third-order valence-electron chi connectivity index (χ3n) is 3.76. The zero-order valence-electron chi connectivity index (χ0n) is 15.7. The van der Waals surface area contributed by atoms with Crippen LogP contribution >= 0.6 is 23.5 Å². The van der Waals surface area contributed by atoms with E-state index >= 15 is 0 Å². The maximum Gasteiger partial charge on any atom is 0.319 e. The normalized spacial score (nSPS) is 11.9. The highest BCUT2D eigenvalue weighted by molar-refractivity contribution is 8.00. The zero-order chi connectivity index (χ0) is 19.8. The summed E-state index contributed by atoms with van der Waals surface area (Å²) in [7, 11) is 0. The van der Waals surface area contributed by atoms with Crippen molar-refractivity contribution in [2.45, 2.75) is 41.6 Å². The number of esters is 1. The Morgan fingerprint density at radius 1 is 1.11 bits per heavy atom. The van der Waals surface area contributed by atoms with E-state index in [2.05, 4.69) is 20.2 Å². The first-order valence-electron chi connectivity index (χ1n) is 8.95.